The standard InChI is InChI=1S/C17H17F3INO2/c1-10-8-11(21)4-6-13(10)22(24-9-17(2,3)23)14-7-5-12(18)15(19)16(14)20/h4-8,23H,9H2,1-3H3. The van der Waals surface area contributed by atoms with Crippen molar-refractivity contribution >= 4 is 34.0 Å². The predicted molar refractivity (Wildman–Crippen MR) is 94.6 cm³/mol. The predicted octanol–water partition coefficient (Wildman–Crippen LogP) is 4.86. The van der Waals surface area contributed by atoms with Gasteiger partial charge in [0.25, 0.3) is 0 Å². The zero-order valence-electron chi connectivity index (χ0n) is 13.4. The van der Waals surface area contributed by atoms with Crippen molar-refractivity contribution in [2.24, 2.45) is 0 Å². The monoisotopic (exact) mass is 451 g/mol. The van der Waals surface area contributed by atoms with Gasteiger partial charge in [0.2, 0.25) is 0 Å². The van der Waals surface area contributed by atoms with Gasteiger partial charge >= 0.3 is 0 Å². The van der Waals surface area contributed by atoms with Crippen LogP contribution in [-0.2, 0) is 4.84 Å². The van der Waals surface area contributed by atoms with Crippen LogP contribution in [0.1, 0.15) is 19.4 Å². The molecule has 2 aromatic carbocycles. The summed E-state index contributed by atoms with van der Waals surface area (Å²) < 4.78 is 42.0. The van der Waals surface area contributed by atoms with Gasteiger partial charge in [-0.15, -0.1) is 0 Å². The molecule has 0 fully saturated rings. The van der Waals surface area contributed by atoms with Gasteiger partial charge in [-0.1, -0.05) is 0 Å². The Morgan fingerprint density at radius 2 is 1.71 bits per heavy atom. The van der Waals surface area contributed by atoms with Gasteiger partial charge in [-0.2, -0.15) is 0 Å². The van der Waals surface area contributed by atoms with Crippen molar-refractivity contribution in [1.82, 2.24) is 0 Å². The highest BCUT2D eigenvalue weighted by Gasteiger charge is 2.24. The van der Waals surface area contributed by atoms with Crippen LogP contribution in [0.5, 0.6) is 0 Å². The highest BCUT2D eigenvalue weighted by Crippen LogP contribution is 2.33. The van der Waals surface area contributed by atoms with Gasteiger partial charge in [-0.05, 0) is 79.3 Å². The molecule has 0 saturated carbocycles. The smallest absolute Gasteiger partial charge is 0.196 e. The number of anilines is 2. The van der Waals surface area contributed by atoms with Crippen molar-refractivity contribution in [2.45, 2.75) is 26.4 Å². The van der Waals surface area contributed by atoms with Crippen LogP contribution in [0.3, 0.4) is 0 Å². The summed E-state index contributed by atoms with van der Waals surface area (Å²) in [5, 5.41) is 10.9. The number of rotatable bonds is 5. The maximum absolute atomic E-state index is 14.2. The van der Waals surface area contributed by atoms with Gasteiger partial charge in [0, 0.05) is 3.57 Å². The lowest BCUT2D eigenvalue weighted by atomic mass is 10.1. The number of aliphatic hydroxyl groups is 1. The molecule has 0 aliphatic carbocycles. The summed E-state index contributed by atoms with van der Waals surface area (Å²) in [4.78, 5) is 5.53. The molecule has 0 spiro atoms. The number of halogens is 4. The van der Waals surface area contributed by atoms with Crippen LogP contribution in [0.4, 0.5) is 24.5 Å². The molecule has 0 bridgehead atoms. The molecule has 0 saturated heterocycles. The number of nitrogens with zero attached hydrogens (tertiary/aromatic N) is 1. The Bertz CT molecular complexity index is 747. The van der Waals surface area contributed by atoms with E-state index in [1.54, 1.807) is 19.1 Å². The number of benzene rings is 2. The minimum absolute atomic E-state index is 0.170. The quantitative estimate of drug-likeness (QED) is 0.401. The molecule has 0 atom stereocenters. The molecule has 7 heteroatoms. The summed E-state index contributed by atoms with van der Waals surface area (Å²) >= 11 is 2.13. The van der Waals surface area contributed by atoms with Gasteiger partial charge in [0.15, 0.2) is 17.5 Å². The second kappa shape index (κ2) is 7.28. The first-order chi connectivity index (χ1) is 11.1. The lowest BCUT2D eigenvalue weighted by Crippen LogP contribution is -2.32. The van der Waals surface area contributed by atoms with E-state index in [0.717, 1.165) is 26.3 Å². The first-order valence-electron chi connectivity index (χ1n) is 7.15. The third-order valence-electron chi connectivity index (χ3n) is 3.16. The van der Waals surface area contributed by atoms with Crippen molar-refractivity contribution in [3.05, 3.63) is 56.9 Å². The average Bonchev–Trinajstić information content (AvgIpc) is 2.47. The molecule has 2 rings (SSSR count). The zero-order valence-corrected chi connectivity index (χ0v) is 15.6. The van der Waals surface area contributed by atoms with E-state index in [0.29, 0.717) is 5.69 Å². The van der Waals surface area contributed by atoms with E-state index < -0.39 is 23.1 Å². The first-order valence-corrected chi connectivity index (χ1v) is 8.23. The highest BCUT2D eigenvalue weighted by atomic mass is 127. The molecule has 3 nitrogen and oxygen atoms in total. The summed E-state index contributed by atoms with van der Waals surface area (Å²) in [6.45, 7) is 4.66. The number of hydrogen-bond acceptors (Lipinski definition) is 3. The SMILES string of the molecule is Cc1cc(I)ccc1N(OCC(C)(C)O)c1ccc(F)c(F)c1F. The minimum atomic E-state index is -1.58. The maximum Gasteiger partial charge on any atom is 0.196 e. The molecular weight excluding hydrogens is 434 g/mol. The van der Waals surface area contributed by atoms with E-state index in [1.165, 1.54) is 13.8 Å². The second-order valence-electron chi connectivity index (χ2n) is 6.01. The zero-order chi connectivity index (χ0) is 18.1. The first kappa shape index (κ1) is 19.0. The summed E-state index contributed by atoms with van der Waals surface area (Å²) in [6, 6.07) is 7.23. The highest BCUT2D eigenvalue weighted by molar-refractivity contribution is 14.1. The molecule has 0 amide bonds. The summed E-state index contributed by atoms with van der Waals surface area (Å²) in [5.74, 6) is -4.21. The van der Waals surface area contributed by atoms with Crippen molar-refractivity contribution in [3.63, 3.8) is 0 Å². The van der Waals surface area contributed by atoms with Gasteiger partial charge in [0.05, 0.1) is 11.3 Å². The molecule has 0 heterocycles. The van der Waals surface area contributed by atoms with Gasteiger partial charge < -0.3 is 5.11 Å². The molecule has 2 aromatic rings. The van der Waals surface area contributed by atoms with E-state index in [1.807, 2.05) is 6.07 Å². The normalized spacial score (nSPS) is 11.7. The van der Waals surface area contributed by atoms with Crippen LogP contribution in [0, 0.1) is 27.9 Å². The minimum Gasteiger partial charge on any atom is -0.388 e. The van der Waals surface area contributed by atoms with Crippen LogP contribution in [0.25, 0.3) is 0 Å². The van der Waals surface area contributed by atoms with Crippen LogP contribution < -0.4 is 5.06 Å². The van der Waals surface area contributed by atoms with E-state index in [4.69, 9.17) is 4.84 Å². The van der Waals surface area contributed by atoms with Crippen molar-refractivity contribution < 1.29 is 23.1 Å². The molecule has 0 aliphatic rings. The Balaban J connectivity index is 2.53. The van der Waals surface area contributed by atoms with Crippen molar-refractivity contribution in [1.29, 1.82) is 0 Å². The maximum atomic E-state index is 14.2. The van der Waals surface area contributed by atoms with E-state index in [-0.39, 0.29) is 12.3 Å². The van der Waals surface area contributed by atoms with Gasteiger partial charge in [-0.25, -0.2) is 18.2 Å². The summed E-state index contributed by atoms with van der Waals surface area (Å²) in [5.41, 5.74) is -0.251. The largest absolute Gasteiger partial charge is 0.388 e. The molecule has 1 N–H and O–H groups in total. The van der Waals surface area contributed by atoms with Crippen LogP contribution in [-0.4, -0.2) is 17.3 Å². The van der Waals surface area contributed by atoms with E-state index in [9.17, 15) is 18.3 Å². The number of hydrogen-bond donors (Lipinski definition) is 1. The average molecular weight is 451 g/mol. The Morgan fingerprint density at radius 3 is 2.29 bits per heavy atom. The van der Waals surface area contributed by atoms with Crippen LogP contribution in [0.2, 0.25) is 0 Å². The fraction of sp³-hybridized carbons (Fsp3) is 0.294. The van der Waals surface area contributed by atoms with Crippen LogP contribution >= 0.6 is 22.6 Å². The number of aryl methyl sites for hydroxylation is 1. The second-order valence-corrected chi connectivity index (χ2v) is 7.25. The van der Waals surface area contributed by atoms with E-state index >= 15 is 0 Å². The molecule has 0 aliphatic heterocycles. The Hall–Kier alpha value is -1.32. The lowest BCUT2D eigenvalue weighted by Gasteiger charge is -2.29. The molecule has 130 valence electrons. The topological polar surface area (TPSA) is 32.7 Å². The molecule has 0 aromatic heterocycles. The fourth-order valence-corrected chi connectivity index (χ4v) is 2.66. The molecular formula is C17H17F3INO2. The van der Waals surface area contributed by atoms with Gasteiger partial charge in [0.1, 0.15) is 12.3 Å². The Morgan fingerprint density at radius 1 is 1.08 bits per heavy atom. The van der Waals surface area contributed by atoms with Crippen molar-refractivity contribution in [2.75, 3.05) is 11.7 Å². The molecule has 0 radical (unpaired) electrons. The molecule has 24 heavy (non-hydrogen) atoms. The third kappa shape index (κ3) is 4.40. The molecule has 0 unspecified atom stereocenters. The summed E-state index contributed by atoms with van der Waals surface area (Å²) in [6.07, 6.45) is 0. The third-order valence-corrected chi connectivity index (χ3v) is 3.83. The Kier molecular flexibility index (Phi) is 5.77. The fourth-order valence-electron chi connectivity index (χ4n) is 2.01. The van der Waals surface area contributed by atoms with E-state index in [2.05, 4.69) is 22.6 Å². The lowest BCUT2D eigenvalue weighted by molar-refractivity contribution is -0.0215. The van der Waals surface area contributed by atoms with Crippen LogP contribution in [0.15, 0.2) is 30.3 Å². The Labute approximate surface area is 152 Å². The summed E-state index contributed by atoms with van der Waals surface area (Å²) in [7, 11) is 0. The van der Waals surface area contributed by atoms with Crippen molar-refractivity contribution in [3.8, 4) is 0 Å². The van der Waals surface area contributed by atoms with Gasteiger partial charge in [-0.3, -0.25) is 4.84 Å².